The summed E-state index contributed by atoms with van der Waals surface area (Å²) in [5, 5.41) is 9.61. The van der Waals surface area contributed by atoms with Gasteiger partial charge in [-0.15, -0.1) is 0 Å². The second-order valence-corrected chi connectivity index (χ2v) is 4.46. The van der Waals surface area contributed by atoms with Gasteiger partial charge in [0.25, 0.3) is 11.5 Å². The minimum atomic E-state index is -0.560. The Labute approximate surface area is 137 Å². The van der Waals surface area contributed by atoms with Gasteiger partial charge in [0.2, 0.25) is 5.75 Å². The third-order valence-corrected chi connectivity index (χ3v) is 2.98. The molecule has 0 atom stereocenters. The van der Waals surface area contributed by atoms with Gasteiger partial charge in [0.1, 0.15) is 0 Å². The number of carbonyl (C=O) groups is 1. The highest BCUT2D eigenvalue weighted by Crippen LogP contribution is 2.37. The standard InChI is InChI=1S/C15H16N4O5/c1-22-11-6-9(7-12(23-2)14(11)24-3)8-16-19-15(21)10-4-5-13(20)18-17-10/h4-8H,1-3H3,(H,18,20)(H,19,21)/b16-8+. The summed E-state index contributed by atoms with van der Waals surface area (Å²) in [6.07, 6.45) is 1.41. The van der Waals surface area contributed by atoms with Crippen LogP contribution in [-0.2, 0) is 0 Å². The molecule has 9 heteroatoms. The predicted molar refractivity (Wildman–Crippen MR) is 86.0 cm³/mol. The molecule has 0 radical (unpaired) electrons. The van der Waals surface area contributed by atoms with Crippen molar-refractivity contribution in [3.8, 4) is 17.2 Å². The lowest BCUT2D eigenvalue weighted by Crippen LogP contribution is -2.21. The van der Waals surface area contributed by atoms with Crippen molar-refractivity contribution < 1.29 is 19.0 Å². The van der Waals surface area contributed by atoms with Gasteiger partial charge in [0, 0.05) is 11.6 Å². The van der Waals surface area contributed by atoms with Gasteiger partial charge in [-0.05, 0) is 18.2 Å². The highest BCUT2D eigenvalue weighted by atomic mass is 16.5. The van der Waals surface area contributed by atoms with Crippen LogP contribution in [0.5, 0.6) is 17.2 Å². The number of carbonyl (C=O) groups excluding carboxylic acids is 1. The number of benzene rings is 1. The zero-order valence-electron chi connectivity index (χ0n) is 13.3. The molecule has 0 unspecified atom stereocenters. The van der Waals surface area contributed by atoms with Crippen LogP contribution in [0, 0.1) is 0 Å². The lowest BCUT2D eigenvalue weighted by Gasteiger charge is -2.12. The van der Waals surface area contributed by atoms with E-state index in [1.165, 1.54) is 39.7 Å². The van der Waals surface area contributed by atoms with E-state index in [-0.39, 0.29) is 5.69 Å². The SMILES string of the molecule is COc1cc(/C=N/NC(=O)c2ccc(=O)[nH]n2)cc(OC)c1OC. The Bertz CT molecular complexity index is 770. The Morgan fingerprint density at radius 2 is 1.83 bits per heavy atom. The number of hydrogen-bond acceptors (Lipinski definition) is 7. The Morgan fingerprint density at radius 3 is 2.33 bits per heavy atom. The monoisotopic (exact) mass is 332 g/mol. The number of amides is 1. The van der Waals surface area contributed by atoms with E-state index in [0.29, 0.717) is 22.8 Å². The summed E-state index contributed by atoms with van der Waals surface area (Å²) in [5.41, 5.74) is 2.57. The van der Waals surface area contributed by atoms with Crippen molar-refractivity contribution in [2.45, 2.75) is 0 Å². The van der Waals surface area contributed by atoms with E-state index in [0.717, 1.165) is 0 Å². The smallest absolute Gasteiger partial charge is 0.291 e. The molecular formula is C15H16N4O5. The number of nitrogens with zero attached hydrogens (tertiary/aromatic N) is 2. The quantitative estimate of drug-likeness (QED) is 0.590. The first-order chi connectivity index (χ1) is 11.6. The molecule has 126 valence electrons. The molecule has 2 rings (SSSR count). The van der Waals surface area contributed by atoms with Gasteiger partial charge in [-0.1, -0.05) is 0 Å². The maximum Gasteiger partial charge on any atom is 0.291 e. The molecule has 1 aromatic carbocycles. The van der Waals surface area contributed by atoms with Crippen LogP contribution in [0.15, 0.2) is 34.2 Å². The number of aromatic amines is 1. The van der Waals surface area contributed by atoms with E-state index in [1.54, 1.807) is 12.1 Å². The molecule has 1 heterocycles. The first-order valence-electron chi connectivity index (χ1n) is 6.78. The fourth-order valence-corrected chi connectivity index (χ4v) is 1.87. The summed E-state index contributed by atoms with van der Waals surface area (Å²) in [7, 11) is 4.51. The second kappa shape index (κ2) is 7.77. The van der Waals surface area contributed by atoms with E-state index >= 15 is 0 Å². The normalized spacial score (nSPS) is 10.5. The van der Waals surface area contributed by atoms with Crippen molar-refractivity contribution in [1.82, 2.24) is 15.6 Å². The lowest BCUT2D eigenvalue weighted by atomic mass is 10.2. The van der Waals surface area contributed by atoms with Crippen LogP contribution in [0.4, 0.5) is 0 Å². The molecule has 9 nitrogen and oxygen atoms in total. The van der Waals surface area contributed by atoms with Crippen molar-refractivity contribution in [2.24, 2.45) is 5.10 Å². The van der Waals surface area contributed by atoms with E-state index in [2.05, 4.69) is 20.7 Å². The molecule has 0 aliphatic rings. The van der Waals surface area contributed by atoms with Gasteiger partial charge in [0.15, 0.2) is 17.2 Å². The molecular weight excluding hydrogens is 316 g/mol. The van der Waals surface area contributed by atoms with Gasteiger partial charge in [-0.3, -0.25) is 9.59 Å². The maximum absolute atomic E-state index is 11.8. The van der Waals surface area contributed by atoms with E-state index in [4.69, 9.17) is 14.2 Å². The fourth-order valence-electron chi connectivity index (χ4n) is 1.87. The topological polar surface area (TPSA) is 115 Å². The third-order valence-electron chi connectivity index (χ3n) is 2.98. The van der Waals surface area contributed by atoms with Crippen molar-refractivity contribution in [1.29, 1.82) is 0 Å². The number of hydrogen-bond donors (Lipinski definition) is 2. The molecule has 1 aromatic heterocycles. The average Bonchev–Trinajstić information content (AvgIpc) is 2.61. The van der Waals surface area contributed by atoms with E-state index in [1.807, 2.05) is 0 Å². The molecule has 0 aliphatic heterocycles. The number of H-pyrrole nitrogens is 1. The minimum Gasteiger partial charge on any atom is -0.493 e. The number of nitrogens with one attached hydrogen (secondary N) is 2. The van der Waals surface area contributed by atoms with Crippen molar-refractivity contribution in [3.63, 3.8) is 0 Å². The summed E-state index contributed by atoms with van der Waals surface area (Å²) in [6, 6.07) is 5.85. The lowest BCUT2D eigenvalue weighted by molar-refractivity contribution is 0.0949. The Balaban J connectivity index is 2.15. The molecule has 24 heavy (non-hydrogen) atoms. The van der Waals surface area contributed by atoms with Crippen molar-refractivity contribution in [3.05, 3.63) is 45.9 Å². The fraction of sp³-hybridized carbons (Fsp3) is 0.200. The molecule has 0 aliphatic carbocycles. The van der Waals surface area contributed by atoms with Crippen LogP contribution in [0.1, 0.15) is 16.1 Å². The highest BCUT2D eigenvalue weighted by Gasteiger charge is 2.12. The Morgan fingerprint density at radius 1 is 1.17 bits per heavy atom. The summed E-state index contributed by atoms with van der Waals surface area (Å²) in [6.45, 7) is 0. The average molecular weight is 332 g/mol. The van der Waals surface area contributed by atoms with Crippen LogP contribution >= 0.6 is 0 Å². The van der Waals surface area contributed by atoms with Gasteiger partial charge in [-0.25, -0.2) is 10.5 Å². The largest absolute Gasteiger partial charge is 0.493 e. The number of rotatable bonds is 6. The predicted octanol–water partition coefficient (Wildman–Crippen LogP) is 0.560. The molecule has 2 N–H and O–H groups in total. The van der Waals surface area contributed by atoms with Gasteiger partial charge in [-0.2, -0.15) is 10.2 Å². The molecule has 0 bridgehead atoms. The van der Waals surface area contributed by atoms with Gasteiger partial charge in [0.05, 0.1) is 27.5 Å². The summed E-state index contributed by atoms with van der Waals surface area (Å²) in [5.74, 6) is 0.826. The number of aromatic nitrogens is 2. The van der Waals surface area contributed by atoms with Crippen LogP contribution in [0.3, 0.4) is 0 Å². The van der Waals surface area contributed by atoms with Crippen LogP contribution < -0.4 is 25.2 Å². The number of hydrazone groups is 1. The minimum absolute atomic E-state index is 0.0386. The zero-order valence-corrected chi connectivity index (χ0v) is 13.3. The highest BCUT2D eigenvalue weighted by molar-refractivity contribution is 5.93. The second-order valence-electron chi connectivity index (χ2n) is 4.46. The molecule has 0 spiro atoms. The van der Waals surface area contributed by atoms with Gasteiger partial charge >= 0.3 is 0 Å². The van der Waals surface area contributed by atoms with Gasteiger partial charge < -0.3 is 14.2 Å². The summed E-state index contributed by atoms with van der Waals surface area (Å²) >= 11 is 0. The molecule has 0 saturated carbocycles. The summed E-state index contributed by atoms with van der Waals surface area (Å²) in [4.78, 5) is 22.7. The van der Waals surface area contributed by atoms with Crippen molar-refractivity contribution in [2.75, 3.05) is 21.3 Å². The summed E-state index contributed by atoms with van der Waals surface area (Å²) < 4.78 is 15.7. The molecule has 0 saturated heterocycles. The molecule has 0 fully saturated rings. The Hall–Kier alpha value is -3.36. The maximum atomic E-state index is 11.8. The zero-order chi connectivity index (χ0) is 17.5. The van der Waals surface area contributed by atoms with Crippen LogP contribution in [0.2, 0.25) is 0 Å². The van der Waals surface area contributed by atoms with Crippen LogP contribution in [0.25, 0.3) is 0 Å². The van der Waals surface area contributed by atoms with E-state index in [9.17, 15) is 9.59 Å². The van der Waals surface area contributed by atoms with Crippen LogP contribution in [-0.4, -0.2) is 43.6 Å². The Kier molecular flexibility index (Phi) is 5.50. The third kappa shape index (κ3) is 3.88. The first kappa shape index (κ1) is 17.0. The molecule has 1 amide bonds. The number of ether oxygens (including phenoxy) is 3. The number of methoxy groups -OCH3 is 3. The molecule has 2 aromatic rings. The first-order valence-corrected chi connectivity index (χ1v) is 6.78. The van der Waals surface area contributed by atoms with E-state index < -0.39 is 11.5 Å². The van der Waals surface area contributed by atoms with Crippen molar-refractivity contribution >= 4 is 12.1 Å².